The second kappa shape index (κ2) is 4.69. The molecule has 2 aliphatic carbocycles. The second-order valence-corrected chi connectivity index (χ2v) is 8.95. The van der Waals surface area contributed by atoms with Crippen molar-refractivity contribution in [3.8, 4) is 0 Å². The summed E-state index contributed by atoms with van der Waals surface area (Å²) in [4.78, 5) is 5.81. The molecule has 1 spiro atoms. The van der Waals surface area contributed by atoms with E-state index in [-0.39, 0.29) is 0 Å². The molecule has 5 rings (SSSR count). The van der Waals surface area contributed by atoms with Gasteiger partial charge in [0.1, 0.15) is 0 Å². The van der Waals surface area contributed by atoms with E-state index in [0.29, 0.717) is 5.41 Å². The minimum Gasteiger partial charge on any atom is -0.294 e. The fourth-order valence-electron chi connectivity index (χ4n) is 5.32. The monoisotopic (exact) mass is 309 g/mol. The van der Waals surface area contributed by atoms with E-state index in [1.807, 2.05) is 11.3 Å². The van der Waals surface area contributed by atoms with E-state index < -0.39 is 0 Å². The van der Waals surface area contributed by atoms with Gasteiger partial charge >= 0.3 is 0 Å². The van der Waals surface area contributed by atoms with Gasteiger partial charge in [0, 0.05) is 28.9 Å². The molecule has 1 aliphatic heterocycles. The molecule has 1 saturated carbocycles. The number of aryl methyl sites for hydroxylation is 1. The molecule has 1 aromatic carbocycles. The molecule has 114 valence electrons. The topological polar surface area (TPSA) is 3.24 Å². The maximum atomic E-state index is 2.82. The van der Waals surface area contributed by atoms with Gasteiger partial charge in [-0.15, -0.1) is 11.3 Å². The van der Waals surface area contributed by atoms with Gasteiger partial charge in [-0.2, -0.15) is 0 Å². The first-order chi connectivity index (χ1) is 10.7. The molecule has 3 unspecified atom stereocenters. The predicted octanol–water partition coefficient (Wildman–Crippen LogP) is 4.44. The van der Waals surface area contributed by atoms with Crippen molar-refractivity contribution >= 4 is 11.3 Å². The van der Waals surface area contributed by atoms with Crippen LogP contribution in [-0.4, -0.2) is 17.5 Å². The number of hydrogen-bond acceptors (Lipinski definition) is 2. The molecular weight excluding hydrogens is 286 g/mol. The lowest BCUT2D eigenvalue weighted by Gasteiger charge is -2.51. The third-order valence-electron chi connectivity index (χ3n) is 6.54. The largest absolute Gasteiger partial charge is 0.294 e. The van der Waals surface area contributed by atoms with E-state index >= 15 is 0 Å². The zero-order valence-electron chi connectivity index (χ0n) is 13.2. The Balaban J connectivity index is 1.47. The van der Waals surface area contributed by atoms with Gasteiger partial charge in [-0.1, -0.05) is 24.3 Å². The first-order valence-corrected chi connectivity index (χ1v) is 9.42. The average Bonchev–Trinajstić information content (AvgIpc) is 3.01. The minimum absolute atomic E-state index is 0.612. The highest BCUT2D eigenvalue weighted by Crippen LogP contribution is 2.60. The fraction of sp³-hybridized carbons (Fsp3) is 0.500. The van der Waals surface area contributed by atoms with E-state index in [4.69, 9.17) is 0 Å². The summed E-state index contributed by atoms with van der Waals surface area (Å²) in [7, 11) is 0. The third-order valence-corrected chi connectivity index (χ3v) is 7.52. The Morgan fingerprint density at radius 2 is 2.05 bits per heavy atom. The third kappa shape index (κ3) is 1.80. The summed E-state index contributed by atoms with van der Waals surface area (Å²) in [6.07, 6.45) is 5.52. The van der Waals surface area contributed by atoms with Gasteiger partial charge in [-0.25, -0.2) is 0 Å². The van der Waals surface area contributed by atoms with Gasteiger partial charge in [0.05, 0.1) is 0 Å². The minimum atomic E-state index is 0.612. The number of fused-ring (bicyclic) bond motifs is 1. The Bertz CT molecular complexity index is 718. The Morgan fingerprint density at radius 1 is 1.18 bits per heavy atom. The molecule has 1 aromatic heterocycles. The molecule has 0 N–H and O–H groups in total. The lowest BCUT2D eigenvalue weighted by atomic mass is 9.53. The van der Waals surface area contributed by atoms with Crippen molar-refractivity contribution in [1.82, 2.24) is 4.90 Å². The van der Waals surface area contributed by atoms with Crippen molar-refractivity contribution in [3.05, 3.63) is 57.3 Å². The summed E-state index contributed by atoms with van der Waals surface area (Å²) < 4.78 is 0. The van der Waals surface area contributed by atoms with Gasteiger partial charge < -0.3 is 0 Å². The van der Waals surface area contributed by atoms with Crippen molar-refractivity contribution in [1.29, 1.82) is 0 Å². The summed E-state index contributed by atoms with van der Waals surface area (Å²) in [5, 5.41) is 0. The van der Waals surface area contributed by atoms with Crippen LogP contribution in [0.3, 0.4) is 0 Å². The first-order valence-electron chi connectivity index (χ1n) is 8.61. The Hall–Kier alpha value is -1.12. The highest BCUT2D eigenvalue weighted by molar-refractivity contribution is 7.11. The van der Waals surface area contributed by atoms with Crippen LogP contribution < -0.4 is 0 Å². The quantitative estimate of drug-likeness (QED) is 0.793. The number of rotatable bonds is 2. The summed E-state index contributed by atoms with van der Waals surface area (Å²) in [6.45, 7) is 4.72. The number of benzene rings is 1. The van der Waals surface area contributed by atoms with Gasteiger partial charge in [0.25, 0.3) is 0 Å². The summed E-state index contributed by atoms with van der Waals surface area (Å²) in [5.74, 6) is 0.951. The first kappa shape index (κ1) is 13.3. The van der Waals surface area contributed by atoms with Gasteiger partial charge in [0.2, 0.25) is 0 Å². The number of thiophene rings is 1. The number of likely N-dealkylation sites (tertiary alicyclic amines) is 1. The lowest BCUT2D eigenvalue weighted by molar-refractivity contribution is 0.0302. The Labute approximate surface area is 137 Å². The maximum absolute atomic E-state index is 2.82. The molecule has 3 aliphatic rings. The molecule has 2 aromatic rings. The van der Waals surface area contributed by atoms with E-state index in [0.717, 1.165) is 12.0 Å². The summed E-state index contributed by atoms with van der Waals surface area (Å²) >= 11 is 1.98. The Kier molecular flexibility index (Phi) is 2.84. The molecule has 0 bridgehead atoms. The highest BCUT2D eigenvalue weighted by Gasteiger charge is 2.60. The molecular formula is C20H23NS. The van der Waals surface area contributed by atoms with Crippen LogP contribution in [0.2, 0.25) is 0 Å². The van der Waals surface area contributed by atoms with Gasteiger partial charge in [-0.3, -0.25) is 4.90 Å². The van der Waals surface area contributed by atoms with Crippen molar-refractivity contribution in [2.45, 2.75) is 45.2 Å². The zero-order valence-corrected chi connectivity index (χ0v) is 14.0. The molecule has 2 heteroatoms. The molecule has 22 heavy (non-hydrogen) atoms. The molecule has 0 radical (unpaired) electrons. The summed E-state index contributed by atoms with van der Waals surface area (Å²) in [5.41, 5.74) is 3.86. The van der Waals surface area contributed by atoms with Crippen LogP contribution in [0.25, 0.3) is 0 Å². The maximum Gasteiger partial charge on any atom is 0.0331 e. The van der Waals surface area contributed by atoms with Crippen LogP contribution in [0.15, 0.2) is 36.4 Å². The van der Waals surface area contributed by atoms with Crippen LogP contribution in [0.4, 0.5) is 0 Å². The standard InChI is InChI=1S/C20H23NS/c1-14-6-7-18(22-14)13-21-12-17-8-9-20(17)11-16-5-3-2-4-15(16)10-19(20)21/h2-7,17,19H,8-13H2,1H3. The average molecular weight is 309 g/mol. The number of hydrogen-bond donors (Lipinski definition) is 0. The van der Waals surface area contributed by atoms with Gasteiger partial charge in [-0.05, 0) is 67.2 Å². The molecule has 2 fully saturated rings. The lowest BCUT2D eigenvalue weighted by Crippen LogP contribution is -2.51. The van der Waals surface area contributed by atoms with Crippen LogP contribution >= 0.6 is 11.3 Å². The zero-order chi connectivity index (χ0) is 14.7. The van der Waals surface area contributed by atoms with Crippen molar-refractivity contribution in [3.63, 3.8) is 0 Å². The van der Waals surface area contributed by atoms with Crippen molar-refractivity contribution in [2.24, 2.45) is 11.3 Å². The smallest absolute Gasteiger partial charge is 0.0331 e. The Morgan fingerprint density at radius 3 is 2.77 bits per heavy atom. The van der Waals surface area contributed by atoms with Gasteiger partial charge in [0.15, 0.2) is 0 Å². The molecule has 1 saturated heterocycles. The van der Waals surface area contributed by atoms with E-state index in [2.05, 4.69) is 48.2 Å². The molecule has 1 nitrogen and oxygen atoms in total. The predicted molar refractivity (Wildman–Crippen MR) is 92.3 cm³/mol. The second-order valence-electron chi connectivity index (χ2n) is 7.58. The molecule has 2 heterocycles. The van der Waals surface area contributed by atoms with E-state index in [1.165, 1.54) is 43.6 Å². The van der Waals surface area contributed by atoms with Crippen LogP contribution in [0.1, 0.15) is 33.7 Å². The van der Waals surface area contributed by atoms with Crippen LogP contribution in [-0.2, 0) is 19.4 Å². The van der Waals surface area contributed by atoms with E-state index in [9.17, 15) is 0 Å². The molecule has 0 amide bonds. The van der Waals surface area contributed by atoms with Crippen molar-refractivity contribution in [2.75, 3.05) is 6.54 Å². The normalized spacial score (nSPS) is 33.0. The molecule has 3 atom stereocenters. The fourth-order valence-corrected chi connectivity index (χ4v) is 6.24. The van der Waals surface area contributed by atoms with Crippen LogP contribution in [0.5, 0.6) is 0 Å². The SMILES string of the molecule is Cc1ccc(CN2CC3CCC34Cc3ccccc3CC24)s1. The summed E-state index contributed by atoms with van der Waals surface area (Å²) in [6, 6.07) is 14.6. The highest BCUT2D eigenvalue weighted by atomic mass is 32.1. The number of nitrogens with zero attached hydrogens (tertiary/aromatic N) is 1. The van der Waals surface area contributed by atoms with Crippen LogP contribution in [0, 0.1) is 18.3 Å². The van der Waals surface area contributed by atoms with E-state index in [1.54, 1.807) is 16.0 Å². The van der Waals surface area contributed by atoms with Crippen molar-refractivity contribution < 1.29 is 0 Å².